The molecule has 0 aliphatic rings. The van der Waals surface area contributed by atoms with Gasteiger partial charge in [-0.3, -0.25) is 4.39 Å². The van der Waals surface area contributed by atoms with Crippen LogP contribution < -0.4 is 0 Å². The highest BCUT2D eigenvalue weighted by molar-refractivity contribution is 5.73. The van der Waals surface area contributed by atoms with E-state index < -0.39 is 12.1 Å². The van der Waals surface area contributed by atoms with Crippen LogP contribution in [0.5, 0.6) is 0 Å². The van der Waals surface area contributed by atoms with Crippen molar-refractivity contribution in [3.05, 3.63) is 0 Å². The molecule has 0 bridgehead atoms. The van der Waals surface area contributed by atoms with Gasteiger partial charge in [0.05, 0.1) is 7.18 Å². The van der Waals surface area contributed by atoms with Gasteiger partial charge in [0.25, 0.3) is 0 Å². The maximum Gasteiger partial charge on any atom is 0.490 e. The summed E-state index contributed by atoms with van der Waals surface area (Å²) < 4.78 is 41.2. The number of halogens is 4. The van der Waals surface area contributed by atoms with E-state index in [0.29, 0.717) is 7.18 Å². The Kier molecular flexibility index (Phi) is 5.04. The van der Waals surface area contributed by atoms with Crippen LogP contribution in [0.25, 0.3) is 0 Å². The molecule has 0 aromatic carbocycles. The predicted molar refractivity (Wildman–Crippen MR) is 20.7 cm³/mol. The molecule has 0 amide bonds. The topological polar surface area (TPSA) is 37.3 Å². The Morgan fingerprint density at radius 1 is 1.33 bits per heavy atom. The van der Waals surface area contributed by atoms with E-state index in [9.17, 15) is 17.6 Å². The quantitative estimate of drug-likeness (QED) is 0.524. The summed E-state index contributed by atoms with van der Waals surface area (Å²) in [6.45, 7) is 0. The van der Waals surface area contributed by atoms with Crippen LogP contribution >= 0.6 is 0 Å². The lowest BCUT2D eigenvalue weighted by molar-refractivity contribution is -0.192. The van der Waals surface area contributed by atoms with E-state index in [4.69, 9.17) is 9.90 Å². The first-order chi connectivity index (χ1) is 3.94. The Balaban J connectivity index is 0. The number of carboxylic acid groups (broad SMARTS) is 1. The summed E-state index contributed by atoms with van der Waals surface area (Å²) in [4.78, 5) is 8.90. The first kappa shape index (κ1) is 11.0. The summed E-state index contributed by atoms with van der Waals surface area (Å²) in [5.41, 5.74) is 0. The monoisotopic (exact) mass is 148 g/mol. The van der Waals surface area contributed by atoms with Gasteiger partial charge in [0.2, 0.25) is 0 Å². The van der Waals surface area contributed by atoms with Crippen molar-refractivity contribution >= 4 is 5.97 Å². The SMILES string of the molecule is CF.O=C(O)C(F)(F)F. The molecule has 0 heterocycles. The van der Waals surface area contributed by atoms with Crippen molar-refractivity contribution in [1.82, 2.24) is 0 Å². The first-order valence-electron chi connectivity index (χ1n) is 1.62. The van der Waals surface area contributed by atoms with Crippen molar-refractivity contribution < 1.29 is 27.5 Å². The van der Waals surface area contributed by atoms with Gasteiger partial charge in [-0.1, -0.05) is 0 Å². The second-order valence-corrected chi connectivity index (χ2v) is 0.803. The molecule has 0 aliphatic carbocycles. The molecule has 0 radical (unpaired) electrons. The number of hydrogen-bond donors (Lipinski definition) is 1. The molecule has 1 N–H and O–H groups in total. The van der Waals surface area contributed by atoms with E-state index in [1.807, 2.05) is 0 Å². The number of hydrogen-bond acceptors (Lipinski definition) is 1. The lowest BCUT2D eigenvalue weighted by Gasteiger charge is -1.93. The summed E-state index contributed by atoms with van der Waals surface area (Å²) in [6, 6.07) is 0. The number of aliphatic carboxylic acids is 1. The molecule has 0 saturated carbocycles. The van der Waals surface area contributed by atoms with E-state index in [2.05, 4.69) is 0 Å². The van der Waals surface area contributed by atoms with Crippen molar-refractivity contribution in [3.63, 3.8) is 0 Å². The minimum atomic E-state index is -5.08. The summed E-state index contributed by atoms with van der Waals surface area (Å²) in [7, 11) is 0.500. The fourth-order valence-electron chi connectivity index (χ4n) is 0. The Labute approximate surface area is 48.1 Å². The molecule has 0 aromatic heterocycles. The lowest BCUT2D eigenvalue weighted by Crippen LogP contribution is -2.21. The van der Waals surface area contributed by atoms with Crippen LogP contribution in [0.2, 0.25) is 0 Å². The molecule has 0 rings (SSSR count). The molecule has 0 unspecified atom stereocenters. The third kappa shape index (κ3) is 7.19. The largest absolute Gasteiger partial charge is 0.490 e. The molecule has 0 aliphatic heterocycles. The van der Waals surface area contributed by atoms with Crippen LogP contribution in [0.15, 0.2) is 0 Å². The van der Waals surface area contributed by atoms with Gasteiger partial charge in [-0.05, 0) is 0 Å². The second-order valence-electron chi connectivity index (χ2n) is 0.803. The second kappa shape index (κ2) is 4.11. The number of carboxylic acids is 1. The standard InChI is InChI=1S/C2HF3O2.CH3F/c3-2(4,5)1(6)7;1-2/h(H,6,7);1H3. The van der Waals surface area contributed by atoms with Crippen LogP contribution in [0.1, 0.15) is 0 Å². The highest BCUT2D eigenvalue weighted by Crippen LogP contribution is 2.13. The van der Waals surface area contributed by atoms with Crippen molar-refractivity contribution in [2.24, 2.45) is 0 Å². The summed E-state index contributed by atoms with van der Waals surface area (Å²) in [5.74, 6) is -2.76. The fourth-order valence-corrected chi connectivity index (χ4v) is 0. The van der Waals surface area contributed by atoms with Gasteiger partial charge < -0.3 is 5.11 Å². The Hall–Kier alpha value is -0.810. The maximum atomic E-state index is 10.6. The molecule has 2 nitrogen and oxygen atoms in total. The number of rotatable bonds is 0. The molecular formula is C3H4F4O2. The number of carbonyl (C=O) groups is 1. The van der Waals surface area contributed by atoms with Crippen molar-refractivity contribution in [2.45, 2.75) is 6.18 Å². The van der Waals surface area contributed by atoms with Crippen LogP contribution in [0, 0.1) is 0 Å². The predicted octanol–water partition coefficient (Wildman–Crippen LogP) is 1.22. The normalized spacial score (nSPS) is 9.44. The zero-order valence-electron chi connectivity index (χ0n) is 4.37. The molecule has 0 saturated heterocycles. The van der Waals surface area contributed by atoms with Crippen LogP contribution in [0.3, 0.4) is 0 Å². The van der Waals surface area contributed by atoms with Gasteiger partial charge in [-0.15, -0.1) is 0 Å². The van der Waals surface area contributed by atoms with E-state index in [1.54, 1.807) is 0 Å². The van der Waals surface area contributed by atoms with Gasteiger partial charge >= 0.3 is 12.1 Å². The van der Waals surface area contributed by atoms with Crippen molar-refractivity contribution in [2.75, 3.05) is 7.18 Å². The lowest BCUT2D eigenvalue weighted by atomic mass is 10.7. The molecule has 0 spiro atoms. The zero-order chi connectivity index (χ0) is 8.08. The molecule has 0 fully saturated rings. The first-order valence-corrected chi connectivity index (χ1v) is 1.62. The van der Waals surface area contributed by atoms with Gasteiger partial charge in [-0.25, -0.2) is 4.79 Å². The van der Waals surface area contributed by atoms with Gasteiger partial charge in [0, 0.05) is 0 Å². The highest BCUT2D eigenvalue weighted by atomic mass is 19.4. The molecule has 0 atom stereocenters. The third-order valence-corrected chi connectivity index (χ3v) is 0.243. The average Bonchev–Trinajstić information content (AvgIpc) is 1.69. The Morgan fingerprint density at radius 3 is 1.44 bits per heavy atom. The summed E-state index contributed by atoms with van der Waals surface area (Å²) in [6.07, 6.45) is -5.08. The highest BCUT2D eigenvalue weighted by Gasteiger charge is 2.38. The van der Waals surface area contributed by atoms with E-state index in [1.165, 1.54) is 0 Å². The minimum Gasteiger partial charge on any atom is -0.475 e. The van der Waals surface area contributed by atoms with Crippen molar-refractivity contribution in [1.29, 1.82) is 0 Å². The Morgan fingerprint density at radius 2 is 1.44 bits per heavy atom. The summed E-state index contributed by atoms with van der Waals surface area (Å²) in [5, 5.41) is 7.12. The van der Waals surface area contributed by atoms with E-state index in [-0.39, 0.29) is 0 Å². The average molecular weight is 148 g/mol. The third-order valence-electron chi connectivity index (χ3n) is 0.243. The minimum absolute atomic E-state index is 0.500. The van der Waals surface area contributed by atoms with Crippen LogP contribution in [-0.2, 0) is 4.79 Å². The molecule has 0 aromatic rings. The van der Waals surface area contributed by atoms with E-state index in [0.717, 1.165) is 0 Å². The maximum absolute atomic E-state index is 10.6. The molecule has 56 valence electrons. The molecular weight excluding hydrogens is 144 g/mol. The van der Waals surface area contributed by atoms with Gasteiger partial charge in [-0.2, -0.15) is 13.2 Å². The zero-order valence-corrected chi connectivity index (χ0v) is 4.37. The van der Waals surface area contributed by atoms with Crippen molar-refractivity contribution in [3.8, 4) is 0 Å². The molecule has 9 heavy (non-hydrogen) atoms. The summed E-state index contributed by atoms with van der Waals surface area (Å²) >= 11 is 0. The van der Waals surface area contributed by atoms with Gasteiger partial charge in [0.1, 0.15) is 0 Å². The molecule has 6 heteroatoms. The Bertz CT molecular complexity index is 86.3. The smallest absolute Gasteiger partial charge is 0.475 e. The number of alkyl halides is 4. The fraction of sp³-hybridized carbons (Fsp3) is 0.667. The van der Waals surface area contributed by atoms with Crippen LogP contribution in [-0.4, -0.2) is 24.4 Å². The van der Waals surface area contributed by atoms with E-state index >= 15 is 0 Å². The van der Waals surface area contributed by atoms with Crippen LogP contribution in [0.4, 0.5) is 17.6 Å². The van der Waals surface area contributed by atoms with Gasteiger partial charge in [0.15, 0.2) is 0 Å².